The fourth-order valence-corrected chi connectivity index (χ4v) is 4.96. The first-order valence-electron chi connectivity index (χ1n) is 12.7. The minimum absolute atomic E-state index is 0.0555. The number of carbonyl (C=O) groups excluding carboxylic acids is 4. The van der Waals surface area contributed by atoms with E-state index in [0.29, 0.717) is 6.42 Å². The molecule has 0 rings (SSSR count). The number of hydrogen-bond acceptors (Lipinski definition) is 14. The van der Waals surface area contributed by atoms with Crippen molar-refractivity contribution < 1.29 is 66.7 Å². The summed E-state index contributed by atoms with van der Waals surface area (Å²) in [6.45, 7) is 9.79. The number of rotatable bonds is 21. The Hall–Kier alpha value is -3.18. The van der Waals surface area contributed by atoms with E-state index in [4.69, 9.17) is 32.2 Å². The summed E-state index contributed by atoms with van der Waals surface area (Å²) in [4.78, 5) is 49.2. The van der Waals surface area contributed by atoms with E-state index in [1.165, 1.54) is 41.1 Å². The molecule has 0 amide bonds. The molecular formula is C27H42O14Si. The van der Waals surface area contributed by atoms with Crippen molar-refractivity contribution in [2.45, 2.75) is 39.0 Å². The smallest absolute Gasteiger partial charge is 0.463 e. The Morgan fingerprint density at radius 2 is 1.36 bits per heavy atom. The minimum Gasteiger partial charge on any atom is -0.463 e. The molecule has 0 fully saturated rings. The summed E-state index contributed by atoms with van der Waals surface area (Å²) >= 11 is 0. The van der Waals surface area contributed by atoms with Gasteiger partial charge in [-0.1, -0.05) is 19.7 Å². The van der Waals surface area contributed by atoms with Gasteiger partial charge < -0.3 is 47.5 Å². The first-order chi connectivity index (χ1) is 19.7. The zero-order chi connectivity index (χ0) is 32.6. The van der Waals surface area contributed by atoms with Gasteiger partial charge in [0, 0.05) is 43.1 Å². The predicted octanol–water partition coefficient (Wildman–Crippen LogP) is 0.742. The molecule has 0 spiro atoms. The average Bonchev–Trinajstić information content (AvgIpc) is 2.97. The fraction of sp³-hybridized carbons (Fsp3) is 0.556. The monoisotopic (exact) mass is 618 g/mol. The molecule has 15 heteroatoms. The molecule has 3 N–H and O–H groups in total. The minimum atomic E-state index is -3.25. The Bertz CT molecular complexity index is 1000. The summed E-state index contributed by atoms with van der Waals surface area (Å²) < 4.78 is 37.6. The first kappa shape index (κ1) is 38.8. The van der Waals surface area contributed by atoms with E-state index in [9.17, 15) is 34.5 Å². The molecule has 0 aromatic heterocycles. The van der Waals surface area contributed by atoms with Crippen molar-refractivity contribution in [2.24, 2.45) is 5.41 Å². The van der Waals surface area contributed by atoms with E-state index in [1.807, 2.05) is 0 Å². The topological polar surface area (TPSA) is 194 Å². The van der Waals surface area contributed by atoms with Crippen LogP contribution in [0.5, 0.6) is 0 Å². The third-order valence-electron chi connectivity index (χ3n) is 6.00. The number of hydrogen-bond donors (Lipinski definition) is 3. The molecule has 0 aliphatic rings. The van der Waals surface area contributed by atoms with Crippen molar-refractivity contribution in [3.8, 4) is 0 Å². The molecule has 1 atom stereocenters. The Morgan fingerprint density at radius 3 is 1.81 bits per heavy atom. The number of carbonyl (C=O) groups is 4. The third-order valence-corrected chi connectivity index (χ3v) is 8.81. The molecule has 0 saturated heterocycles. The van der Waals surface area contributed by atoms with E-state index in [0.717, 1.165) is 6.08 Å². The van der Waals surface area contributed by atoms with E-state index in [1.54, 1.807) is 0 Å². The second-order valence-corrected chi connectivity index (χ2v) is 12.2. The van der Waals surface area contributed by atoms with Gasteiger partial charge in [0.2, 0.25) is 0 Å². The maximum Gasteiger partial charge on any atom is 0.500 e. The molecule has 0 saturated carbocycles. The lowest BCUT2D eigenvalue weighted by Crippen LogP contribution is -2.63. The summed E-state index contributed by atoms with van der Waals surface area (Å²) in [5.41, 5.74) is -2.55. The van der Waals surface area contributed by atoms with Crippen LogP contribution in [0.2, 0.25) is 6.04 Å². The quantitative estimate of drug-likeness (QED) is 0.0407. The number of ether oxygens (including phenoxy) is 4. The molecule has 0 aliphatic carbocycles. The number of aliphatic hydroxyl groups is 3. The second-order valence-electron chi connectivity index (χ2n) is 9.19. The van der Waals surface area contributed by atoms with E-state index in [2.05, 4.69) is 19.7 Å². The van der Waals surface area contributed by atoms with Crippen LogP contribution in [-0.2, 0) is 51.4 Å². The van der Waals surface area contributed by atoms with Crippen molar-refractivity contribution in [1.82, 2.24) is 0 Å². The van der Waals surface area contributed by atoms with Crippen molar-refractivity contribution in [1.29, 1.82) is 0 Å². The normalized spacial score (nSPS) is 13.4. The molecule has 0 aliphatic heterocycles. The van der Waals surface area contributed by atoms with Gasteiger partial charge in [0.1, 0.15) is 5.41 Å². The zero-order valence-corrected chi connectivity index (χ0v) is 25.8. The van der Waals surface area contributed by atoms with Crippen LogP contribution in [-0.4, -0.2) is 108 Å². The highest BCUT2D eigenvalue weighted by Gasteiger charge is 2.59. The summed E-state index contributed by atoms with van der Waals surface area (Å²) in [6.07, 6.45) is 2.68. The summed E-state index contributed by atoms with van der Waals surface area (Å²) in [6, 6.07) is 0.266. The molecule has 42 heavy (non-hydrogen) atoms. The van der Waals surface area contributed by atoms with Crippen LogP contribution in [0.4, 0.5) is 0 Å². The largest absolute Gasteiger partial charge is 0.500 e. The zero-order valence-electron chi connectivity index (χ0n) is 24.8. The van der Waals surface area contributed by atoms with E-state index in [-0.39, 0.29) is 36.0 Å². The molecule has 238 valence electrons. The van der Waals surface area contributed by atoms with Crippen LogP contribution >= 0.6 is 0 Å². The molecule has 0 radical (unpaired) electrons. The van der Waals surface area contributed by atoms with Crippen LogP contribution < -0.4 is 0 Å². The van der Waals surface area contributed by atoms with Crippen molar-refractivity contribution in [2.75, 3.05) is 53.9 Å². The summed E-state index contributed by atoms with van der Waals surface area (Å²) in [7, 11) is -0.489. The molecule has 0 aromatic rings. The highest BCUT2D eigenvalue weighted by atomic mass is 28.4. The second kappa shape index (κ2) is 18.4. The van der Waals surface area contributed by atoms with E-state index < -0.39 is 70.3 Å². The van der Waals surface area contributed by atoms with Crippen molar-refractivity contribution >= 4 is 32.7 Å². The van der Waals surface area contributed by atoms with Gasteiger partial charge in [0.25, 0.3) is 0 Å². The molecule has 0 heterocycles. The molecule has 14 nitrogen and oxygen atoms in total. The lowest BCUT2D eigenvalue weighted by Gasteiger charge is -2.44. The van der Waals surface area contributed by atoms with Gasteiger partial charge in [-0.05, 0) is 33.3 Å². The van der Waals surface area contributed by atoms with Gasteiger partial charge in [0.05, 0.1) is 33.0 Å². The molecule has 0 aromatic carbocycles. The van der Waals surface area contributed by atoms with Gasteiger partial charge in [-0.2, -0.15) is 0 Å². The van der Waals surface area contributed by atoms with Gasteiger partial charge in [-0.3, -0.25) is 0 Å². The Labute approximate surface area is 246 Å². The van der Waals surface area contributed by atoms with Gasteiger partial charge in [0.15, 0.2) is 6.61 Å². The van der Waals surface area contributed by atoms with Crippen molar-refractivity contribution in [3.05, 3.63) is 48.6 Å². The Kier molecular flexibility index (Phi) is 17.0. The van der Waals surface area contributed by atoms with Crippen LogP contribution in [0.3, 0.4) is 0 Å². The Balaban J connectivity index is 6.15. The maximum atomic E-state index is 13.2. The lowest BCUT2D eigenvalue weighted by molar-refractivity contribution is -0.303. The average molecular weight is 619 g/mol. The lowest BCUT2D eigenvalue weighted by atomic mass is 9.81. The van der Waals surface area contributed by atoms with Crippen LogP contribution in [0.1, 0.15) is 27.2 Å². The first-order valence-corrected chi connectivity index (χ1v) is 14.6. The molecule has 0 bridgehead atoms. The maximum absolute atomic E-state index is 13.2. The SMILES string of the molecule is C=CC(=O)OCCC[Si](OC)(OC)OC/C=C(\C)C(=O)OC(COC(=O)C(=C)C)(OC(=O)C(=C)C)C(CO)(CO)CO. The van der Waals surface area contributed by atoms with Gasteiger partial charge >= 0.3 is 38.5 Å². The van der Waals surface area contributed by atoms with Crippen molar-refractivity contribution in [3.63, 3.8) is 0 Å². The van der Waals surface area contributed by atoms with Gasteiger partial charge in [-0.15, -0.1) is 0 Å². The predicted molar refractivity (Wildman–Crippen MR) is 149 cm³/mol. The summed E-state index contributed by atoms with van der Waals surface area (Å²) in [5.74, 6) is -6.53. The molecular weight excluding hydrogens is 576 g/mol. The fourth-order valence-electron chi connectivity index (χ4n) is 3.09. The highest BCUT2D eigenvalue weighted by molar-refractivity contribution is 6.60. The highest BCUT2D eigenvalue weighted by Crippen LogP contribution is 2.38. The van der Waals surface area contributed by atoms with Crippen LogP contribution in [0.25, 0.3) is 0 Å². The van der Waals surface area contributed by atoms with Crippen LogP contribution in [0, 0.1) is 5.41 Å². The van der Waals surface area contributed by atoms with Crippen LogP contribution in [0.15, 0.2) is 48.6 Å². The Morgan fingerprint density at radius 1 is 0.833 bits per heavy atom. The number of aliphatic hydroxyl groups excluding tert-OH is 3. The van der Waals surface area contributed by atoms with E-state index >= 15 is 0 Å². The molecule has 1 unspecified atom stereocenters. The third kappa shape index (κ3) is 10.9. The standard InChI is InChI=1S/C27H42O14Si/c1-9-22(31)37-12-10-14-42(35-7,36-8)39-13-11-21(6)25(34)41-27(40-24(33)20(4)5,18-38-23(32)19(2)3)26(15-28,16-29)17-30/h9,11,28-30H,1-2,4,10,12-18H2,3,5-8H3/b21-11+. The number of esters is 4. The van der Waals surface area contributed by atoms with Gasteiger partial charge in [-0.25, -0.2) is 19.2 Å². The summed E-state index contributed by atoms with van der Waals surface area (Å²) in [5, 5.41) is 30.4.